The van der Waals surface area contributed by atoms with Crippen LogP contribution in [-0.4, -0.2) is 55.0 Å². The monoisotopic (exact) mass is 597 g/mol. The van der Waals surface area contributed by atoms with Gasteiger partial charge in [-0.1, -0.05) is 61.9 Å². The molecule has 2 fully saturated rings. The molecular formula is C34H39N5O5. The minimum absolute atomic E-state index is 0.0661. The highest BCUT2D eigenvalue weighted by Gasteiger charge is 2.41. The fourth-order valence-electron chi connectivity index (χ4n) is 6.59. The third kappa shape index (κ3) is 5.70. The average Bonchev–Trinajstić information content (AvgIpc) is 3.37. The second-order valence-corrected chi connectivity index (χ2v) is 12.4. The topological polar surface area (TPSA) is 123 Å². The van der Waals surface area contributed by atoms with Gasteiger partial charge in [0, 0.05) is 29.7 Å². The zero-order chi connectivity index (χ0) is 30.3. The van der Waals surface area contributed by atoms with E-state index in [4.69, 9.17) is 9.57 Å². The summed E-state index contributed by atoms with van der Waals surface area (Å²) >= 11 is 0. The van der Waals surface area contributed by atoms with Gasteiger partial charge in [0.1, 0.15) is 5.65 Å². The number of fused-ring (bicyclic) bond motifs is 1. The Morgan fingerprint density at radius 3 is 2.48 bits per heavy atom. The number of amidine groups is 1. The highest BCUT2D eigenvalue weighted by atomic mass is 16.7. The standard InChI is InChI=1S/C34H39N5O5/c1-2-5-29-28(20-22-8-10-23(11-9-22)26-6-3-4-7-27(26)31-36-33(41)44-37-31)32(40)38(30-16-19-35-39(29)30)24-12-14-25(15-13-24)43-21-34(42)17-18-34/h3-4,6-11,16,19,24-25,33,41-42H,2,5,12-15,17-18,20-21H2,1H3,(H,36,37). The Hall–Kier alpha value is -3.83. The molecule has 2 aromatic heterocycles. The number of nitrogens with one attached hydrogen (secondary N) is 1. The van der Waals surface area contributed by atoms with Crippen LogP contribution in [0.1, 0.15) is 80.3 Å². The number of hydrogen-bond donors (Lipinski definition) is 3. The number of aliphatic imine (C=N–C) groups is 1. The van der Waals surface area contributed by atoms with Gasteiger partial charge in [-0.15, -0.1) is 0 Å². The normalized spacial score (nSPS) is 22.6. The molecule has 0 radical (unpaired) electrons. The first-order valence-corrected chi connectivity index (χ1v) is 15.7. The number of aryl methyl sites for hydroxylation is 1. The summed E-state index contributed by atoms with van der Waals surface area (Å²) in [5.74, 6) is 0.482. The smallest absolute Gasteiger partial charge is 0.280 e. The molecule has 10 heteroatoms. The molecule has 4 aromatic rings. The number of ether oxygens (including phenoxy) is 1. The number of aliphatic hydroxyl groups is 2. The molecule has 2 aromatic carbocycles. The van der Waals surface area contributed by atoms with Gasteiger partial charge in [-0.25, -0.2) is 19.8 Å². The van der Waals surface area contributed by atoms with E-state index in [0.717, 1.165) is 90.5 Å². The summed E-state index contributed by atoms with van der Waals surface area (Å²) in [4.78, 5) is 23.5. The lowest BCUT2D eigenvalue weighted by Gasteiger charge is -2.31. The molecule has 2 saturated carbocycles. The molecule has 3 heterocycles. The van der Waals surface area contributed by atoms with Gasteiger partial charge >= 0.3 is 0 Å². The number of hydrogen-bond acceptors (Lipinski definition) is 8. The van der Waals surface area contributed by atoms with Gasteiger partial charge in [-0.2, -0.15) is 5.10 Å². The van der Waals surface area contributed by atoms with Crippen molar-refractivity contribution in [3.8, 4) is 11.1 Å². The molecule has 7 rings (SSSR count). The number of nitrogens with zero attached hydrogens (tertiary/aromatic N) is 4. The summed E-state index contributed by atoms with van der Waals surface area (Å²) in [5.41, 5.74) is 8.61. The van der Waals surface area contributed by atoms with Gasteiger partial charge < -0.3 is 14.9 Å². The lowest BCUT2D eigenvalue weighted by Crippen LogP contribution is -2.35. The summed E-state index contributed by atoms with van der Waals surface area (Å²) < 4.78 is 10.00. The zero-order valence-electron chi connectivity index (χ0n) is 25.0. The maximum Gasteiger partial charge on any atom is 0.280 e. The number of aliphatic hydroxyl groups excluding tert-OH is 1. The van der Waals surface area contributed by atoms with Crippen molar-refractivity contribution in [1.29, 1.82) is 0 Å². The third-order valence-electron chi connectivity index (χ3n) is 9.19. The molecule has 44 heavy (non-hydrogen) atoms. The van der Waals surface area contributed by atoms with E-state index in [1.807, 2.05) is 39.4 Å². The van der Waals surface area contributed by atoms with Crippen molar-refractivity contribution in [2.45, 2.75) is 88.9 Å². The van der Waals surface area contributed by atoms with Crippen LogP contribution in [0.15, 0.2) is 70.6 Å². The van der Waals surface area contributed by atoms with Gasteiger partial charge in [0.05, 0.1) is 30.2 Å². The van der Waals surface area contributed by atoms with Crippen LogP contribution in [0, 0.1) is 0 Å². The number of aromatic nitrogens is 3. The van der Waals surface area contributed by atoms with Crippen molar-refractivity contribution in [1.82, 2.24) is 19.7 Å². The molecule has 1 unspecified atom stereocenters. The third-order valence-corrected chi connectivity index (χ3v) is 9.19. The highest BCUT2D eigenvalue weighted by Crippen LogP contribution is 2.37. The second kappa shape index (κ2) is 11.9. The molecule has 0 amide bonds. The molecular weight excluding hydrogens is 558 g/mol. The predicted octanol–water partition coefficient (Wildman–Crippen LogP) is 4.29. The fourth-order valence-corrected chi connectivity index (χ4v) is 6.59. The highest BCUT2D eigenvalue weighted by molar-refractivity contribution is 6.04. The first kappa shape index (κ1) is 28.9. The van der Waals surface area contributed by atoms with Crippen LogP contribution >= 0.6 is 0 Å². The van der Waals surface area contributed by atoms with Crippen molar-refractivity contribution < 1.29 is 19.8 Å². The van der Waals surface area contributed by atoms with Crippen molar-refractivity contribution in [2.75, 3.05) is 6.61 Å². The molecule has 230 valence electrons. The molecule has 0 saturated heterocycles. The SMILES string of the molecule is CCCc1c(Cc2ccc(-c3ccccc3C3=NC(O)ON3)cc2)c(=O)n(C2CCC(OCC3(O)CC3)CC2)c2ccnn12. The lowest BCUT2D eigenvalue weighted by atomic mass is 9.92. The van der Waals surface area contributed by atoms with Crippen LogP contribution in [0.2, 0.25) is 0 Å². The van der Waals surface area contributed by atoms with E-state index in [0.29, 0.717) is 18.9 Å². The molecule has 3 N–H and O–H groups in total. The quantitative estimate of drug-likeness (QED) is 0.249. The van der Waals surface area contributed by atoms with Crippen LogP contribution in [0.25, 0.3) is 16.8 Å². The first-order chi connectivity index (χ1) is 21.4. The summed E-state index contributed by atoms with van der Waals surface area (Å²) in [5, 5.41) is 24.5. The van der Waals surface area contributed by atoms with Crippen LogP contribution in [0.4, 0.5) is 0 Å². The van der Waals surface area contributed by atoms with Gasteiger partial charge in [0.25, 0.3) is 12.0 Å². The Kier molecular flexibility index (Phi) is 7.84. The maximum atomic E-state index is 14.3. The van der Waals surface area contributed by atoms with Crippen molar-refractivity contribution in [3.05, 3.63) is 93.5 Å². The lowest BCUT2D eigenvalue weighted by molar-refractivity contribution is -0.102. The Morgan fingerprint density at radius 2 is 1.80 bits per heavy atom. The molecule has 1 aliphatic heterocycles. The summed E-state index contributed by atoms with van der Waals surface area (Å²) in [7, 11) is 0. The van der Waals surface area contributed by atoms with E-state index in [1.165, 1.54) is 0 Å². The number of benzene rings is 2. The largest absolute Gasteiger partial charge is 0.387 e. The van der Waals surface area contributed by atoms with E-state index in [2.05, 4.69) is 46.8 Å². The second-order valence-electron chi connectivity index (χ2n) is 12.4. The van der Waals surface area contributed by atoms with Crippen molar-refractivity contribution in [2.24, 2.45) is 4.99 Å². The Balaban J connectivity index is 1.17. The molecule has 1 atom stereocenters. The first-order valence-electron chi connectivity index (χ1n) is 15.7. The molecule has 0 spiro atoms. The van der Waals surface area contributed by atoms with Crippen LogP contribution in [-0.2, 0) is 22.4 Å². The Morgan fingerprint density at radius 1 is 1.05 bits per heavy atom. The van der Waals surface area contributed by atoms with Gasteiger partial charge in [0.2, 0.25) is 0 Å². The molecule has 3 aliphatic rings. The molecule has 0 bridgehead atoms. The van der Waals surface area contributed by atoms with Crippen LogP contribution < -0.4 is 11.0 Å². The van der Waals surface area contributed by atoms with Crippen molar-refractivity contribution >= 4 is 11.5 Å². The van der Waals surface area contributed by atoms with Gasteiger partial charge in [-0.05, 0) is 61.6 Å². The number of rotatable bonds is 10. The summed E-state index contributed by atoms with van der Waals surface area (Å²) in [6.07, 6.45) is 7.98. The Labute approximate surface area is 255 Å². The molecule has 10 nitrogen and oxygen atoms in total. The van der Waals surface area contributed by atoms with E-state index in [-0.39, 0.29) is 17.7 Å². The maximum absolute atomic E-state index is 14.3. The Bertz CT molecular complexity index is 1730. The zero-order valence-corrected chi connectivity index (χ0v) is 25.0. The van der Waals surface area contributed by atoms with E-state index >= 15 is 0 Å². The molecule has 2 aliphatic carbocycles. The van der Waals surface area contributed by atoms with E-state index in [1.54, 1.807) is 6.20 Å². The van der Waals surface area contributed by atoms with Crippen LogP contribution in [0.5, 0.6) is 0 Å². The van der Waals surface area contributed by atoms with E-state index < -0.39 is 12.0 Å². The van der Waals surface area contributed by atoms with Gasteiger partial charge in [-0.3, -0.25) is 9.36 Å². The van der Waals surface area contributed by atoms with E-state index in [9.17, 15) is 15.0 Å². The predicted molar refractivity (Wildman–Crippen MR) is 166 cm³/mol. The summed E-state index contributed by atoms with van der Waals surface area (Å²) in [6, 6.07) is 18.1. The van der Waals surface area contributed by atoms with Crippen molar-refractivity contribution in [3.63, 3.8) is 0 Å². The number of hydroxylamine groups is 1. The average molecular weight is 598 g/mol. The van der Waals surface area contributed by atoms with Crippen LogP contribution in [0.3, 0.4) is 0 Å². The fraction of sp³-hybridized carbons (Fsp3) is 0.441. The van der Waals surface area contributed by atoms with Gasteiger partial charge in [0.15, 0.2) is 5.84 Å². The minimum Gasteiger partial charge on any atom is -0.387 e. The minimum atomic E-state index is -1.22. The summed E-state index contributed by atoms with van der Waals surface area (Å²) in [6.45, 7) is 2.54.